The second kappa shape index (κ2) is 6.89. The van der Waals surface area contributed by atoms with E-state index < -0.39 is 0 Å². The van der Waals surface area contributed by atoms with Crippen LogP contribution in [0.3, 0.4) is 0 Å². The predicted molar refractivity (Wildman–Crippen MR) is 100 cm³/mol. The quantitative estimate of drug-likeness (QED) is 0.705. The molecule has 0 spiro atoms. The zero-order valence-electron chi connectivity index (χ0n) is 15.1. The van der Waals surface area contributed by atoms with Crippen molar-refractivity contribution in [3.05, 3.63) is 77.4 Å². The first kappa shape index (κ1) is 16.2. The van der Waals surface area contributed by atoms with E-state index in [4.69, 9.17) is 0 Å². The standard InChI is InChI=1S/C21H26N4/c1-3-20-21-10-7-11-23(21)12-13-24(20)16-19-14-22-25(17(19)2)15-18-8-5-4-6-9-18/h4-11,14,20H,3,12-13,15-16H2,1-2H3/t20-/m0/s1. The zero-order valence-corrected chi connectivity index (χ0v) is 15.1. The number of nitrogens with zero attached hydrogens (tertiary/aromatic N) is 4. The zero-order chi connectivity index (χ0) is 17.2. The average molecular weight is 334 g/mol. The molecule has 0 bridgehead atoms. The molecule has 3 heterocycles. The highest BCUT2D eigenvalue weighted by atomic mass is 15.3. The highest BCUT2D eigenvalue weighted by Crippen LogP contribution is 2.30. The number of hydrogen-bond donors (Lipinski definition) is 0. The summed E-state index contributed by atoms with van der Waals surface area (Å²) < 4.78 is 4.52. The van der Waals surface area contributed by atoms with E-state index in [1.54, 1.807) is 0 Å². The van der Waals surface area contributed by atoms with Crippen molar-refractivity contribution >= 4 is 0 Å². The summed E-state index contributed by atoms with van der Waals surface area (Å²) in [5.41, 5.74) is 5.36. The van der Waals surface area contributed by atoms with Crippen LogP contribution >= 0.6 is 0 Å². The Labute approximate surface area is 149 Å². The molecule has 0 radical (unpaired) electrons. The third-order valence-corrected chi connectivity index (χ3v) is 5.42. The van der Waals surface area contributed by atoms with Gasteiger partial charge in [-0.25, -0.2) is 0 Å². The Morgan fingerprint density at radius 2 is 1.88 bits per heavy atom. The summed E-state index contributed by atoms with van der Waals surface area (Å²) in [4.78, 5) is 2.60. The van der Waals surface area contributed by atoms with Crippen LogP contribution in [0, 0.1) is 6.92 Å². The van der Waals surface area contributed by atoms with Crippen molar-refractivity contribution < 1.29 is 0 Å². The van der Waals surface area contributed by atoms with E-state index in [1.165, 1.54) is 22.5 Å². The molecule has 0 unspecified atom stereocenters. The fourth-order valence-corrected chi connectivity index (χ4v) is 3.94. The van der Waals surface area contributed by atoms with Crippen LogP contribution in [0.2, 0.25) is 0 Å². The lowest BCUT2D eigenvalue weighted by Crippen LogP contribution is -2.37. The van der Waals surface area contributed by atoms with Gasteiger partial charge in [-0.3, -0.25) is 9.58 Å². The van der Waals surface area contributed by atoms with Crippen molar-refractivity contribution in [2.24, 2.45) is 0 Å². The minimum atomic E-state index is 0.501. The van der Waals surface area contributed by atoms with Gasteiger partial charge in [-0.2, -0.15) is 5.10 Å². The molecular formula is C21H26N4. The number of benzene rings is 1. The van der Waals surface area contributed by atoms with Gasteiger partial charge >= 0.3 is 0 Å². The number of rotatable bonds is 5. The van der Waals surface area contributed by atoms with Gasteiger partial charge in [0.05, 0.1) is 18.8 Å². The fraction of sp³-hybridized carbons (Fsp3) is 0.381. The third kappa shape index (κ3) is 3.14. The fourth-order valence-electron chi connectivity index (χ4n) is 3.94. The molecule has 4 nitrogen and oxygen atoms in total. The van der Waals surface area contributed by atoms with Gasteiger partial charge < -0.3 is 4.57 Å². The Hall–Kier alpha value is -2.33. The maximum absolute atomic E-state index is 4.65. The van der Waals surface area contributed by atoms with Crippen LogP contribution in [0.25, 0.3) is 0 Å². The van der Waals surface area contributed by atoms with Crippen molar-refractivity contribution in [1.82, 2.24) is 19.2 Å². The molecule has 25 heavy (non-hydrogen) atoms. The van der Waals surface area contributed by atoms with Gasteiger partial charge in [-0.1, -0.05) is 37.3 Å². The first-order valence-electron chi connectivity index (χ1n) is 9.20. The highest BCUT2D eigenvalue weighted by Gasteiger charge is 2.26. The van der Waals surface area contributed by atoms with Gasteiger partial charge in [-0.05, 0) is 31.0 Å². The molecular weight excluding hydrogens is 308 g/mol. The van der Waals surface area contributed by atoms with Crippen LogP contribution in [0.15, 0.2) is 54.9 Å². The molecule has 2 aromatic heterocycles. The smallest absolute Gasteiger partial charge is 0.0662 e. The summed E-state index contributed by atoms with van der Waals surface area (Å²) in [7, 11) is 0. The normalized spacial score (nSPS) is 17.6. The lowest BCUT2D eigenvalue weighted by Gasteiger charge is -2.36. The molecule has 4 rings (SSSR count). The Bertz CT molecular complexity index is 831. The molecule has 0 saturated heterocycles. The molecule has 1 aliphatic rings. The minimum absolute atomic E-state index is 0.501. The summed E-state index contributed by atoms with van der Waals surface area (Å²) in [6.07, 6.45) is 5.40. The van der Waals surface area contributed by atoms with Gasteiger partial charge in [0.15, 0.2) is 0 Å². The first-order valence-corrected chi connectivity index (χ1v) is 9.20. The van der Waals surface area contributed by atoms with Crippen molar-refractivity contribution in [2.45, 2.75) is 45.9 Å². The molecule has 0 saturated carbocycles. The lowest BCUT2D eigenvalue weighted by atomic mass is 10.1. The summed E-state index contributed by atoms with van der Waals surface area (Å²) >= 11 is 0. The van der Waals surface area contributed by atoms with E-state index in [1.807, 2.05) is 0 Å². The van der Waals surface area contributed by atoms with Gasteiger partial charge in [-0.15, -0.1) is 0 Å². The van der Waals surface area contributed by atoms with Gasteiger partial charge in [0.25, 0.3) is 0 Å². The Balaban J connectivity index is 1.52. The van der Waals surface area contributed by atoms with E-state index in [-0.39, 0.29) is 0 Å². The number of hydrogen-bond acceptors (Lipinski definition) is 2. The summed E-state index contributed by atoms with van der Waals surface area (Å²) in [6, 6.07) is 15.5. The molecule has 4 heteroatoms. The number of fused-ring (bicyclic) bond motifs is 1. The molecule has 130 valence electrons. The Morgan fingerprint density at radius 3 is 2.68 bits per heavy atom. The van der Waals surface area contributed by atoms with Crippen LogP contribution in [0.4, 0.5) is 0 Å². The highest BCUT2D eigenvalue weighted by molar-refractivity contribution is 5.21. The molecule has 3 aromatic rings. The van der Waals surface area contributed by atoms with Crippen LogP contribution < -0.4 is 0 Å². The van der Waals surface area contributed by atoms with Crippen molar-refractivity contribution in [1.29, 1.82) is 0 Å². The molecule has 1 atom stereocenters. The van der Waals surface area contributed by atoms with E-state index in [0.717, 1.165) is 32.6 Å². The first-order chi connectivity index (χ1) is 12.3. The topological polar surface area (TPSA) is 26.0 Å². The van der Waals surface area contributed by atoms with Crippen molar-refractivity contribution in [3.8, 4) is 0 Å². The van der Waals surface area contributed by atoms with E-state index in [9.17, 15) is 0 Å². The predicted octanol–water partition coefficient (Wildman–Crippen LogP) is 4.01. The molecule has 1 aliphatic heterocycles. The van der Waals surface area contributed by atoms with E-state index >= 15 is 0 Å². The van der Waals surface area contributed by atoms with Crippen LogP contribution in [0.5, 0.6) is 0 Å². The van der Waals surface area contributed by atoms with Gasteiger partial charge in [0.2, 0.25) is 0 Å². The largest absolute Gasteiger partial charge is 0.349 e. The SMILES string of the molecule is CC[C@H]1c2cccn2CCN1Cc1cnn(Cc2ccccc2)c1C. The Kier molecular flexibility index (Phi) is 4.45. The van der Waals surface area contributed by atoms with Crippen molar-refractivity contribution in [2.75, 3.05) is 6.54 Å². The third-order valence-electron chi connectivity index (χ3n) is 5.42. The van der Waals surface area contributed by atoms with Crippen LogP contribution in [-0.4, -0.2) is 25.8 Å². The maximum Gasteiger partial charge on any atom is 0.0662 e. The molecule has 0 fully saturated rings. The average Bonchev–Trinajstić information content (AvgIpc) is 3.24. The van der Waals surface area contributed by atoms with E-state index in [0.29, 0.717) is 6.04 Å². The second-order valence-electron chi connectivity index (χ2n) is 6.92. The summed E-state index contributed by atoms with van der Waals surface area (Å²) in [6.45, 7) is 8.47. The molecule has 0 aliphatic carbocycles. The second-order valence-corrected chi connectivity index (χ2v) is 6.92. The minimum Gasteiger partial charge on any atom is -0.349 e. The van der Waals surface area contributed by atoms with Gasteiger partial charge in [0, 0.05) is 42.8 Å². The maximum atomic E-state index is 4.65. The van der Waals surface area contributed by atoms with Crippen molar-refractivity contribution in [3.63, 3.8) is 0 Å². The summed E-state index contributed by atoms with van der Waals surface area (Å²) in [5.74, 6) is 0. The van der Waals surface area contributed by atoms with E-state index in [2.05, 4.69) is 88.0 Å². The van der Waals surface area contributed by atoms with Crippen LogP contribution in [0.1, 0.15) is 41.9 Å². The summed E-state index contributed by atoms with van der Waals surface area (Å²) in [5, 5.41) is 4.65. The molecule has 1 aromatic carbocycles. The number of aromatic nitrogens is 3. The van der Waals surface area contributed by atoms with Crippen LogP contribution in [-0.2, 0) is 19.6 Å². The molecule has 0 amide bonds. The van der Waals surface area contributed by atoms with Gasteiger partial charge in [0.1, 0.15) is 0 Å². The molecule has 0 N–H and O–H groups in total. The monoisotopic (exact) mass is 334 g/mol. The lowest BCUT2D eigenvalue weighted by molar-refractivity contribution is 0.144. The Morgan fingerprint density at radius 1 is 1.04 bits per heavy atom.